The third kappa shape index (κ3) is 18.9. The van der Waals surface area contributed by atoms with E-state index in [0.29, 0.717) is 53.0 Å². The van der Waals surface area contributed by atoms with Gasteiger partial charge in [0.25, 0.3) is 0 Å². The molecule has 0 radical (unpaired) electrons. The van der Waals surface area contributed by atoms with Crippen LogP contribution in [0.1, 0.15) is 127 Å². The number of fused-ring (bicyclic) bond motifs is 9. The monoisotopic (exact) mass is 1790 g/mol. The van der Waals surface area contributed by atoms with Gasteiger partial charge in [0, 0.05) is 47.6 Å². The van der Waals surface area contributed by atoms with Gasteiger partial charge in [-0.2, -0.15) is 11.7 Å². The van der Waals surface area contributed by atoms with Gasteiger partial charge in [0.2, 0.25) is 5.28 Å². The Labute approximate surface area is 679 Å². The van der Waals surface area contributed by atoms with Crippen LogP contribution in [-0.2, 0) is 84.5 Å². The standard InChI is InChI=1S/C21H27N2.C15H15Cl2N4O3P.C12H17NO3S.C10H15O4P.C9H13O4P.C9H11O4P.2ClH.Ru/c1-14-9-16(3)20(17(4)10-14)22-7-8-23(13-22)21-18(5)11-15(2)12-19(21)6;1-14(2)23-9-8(6-3-15(6,4-25-22)10(9)24-14)21-5-18-7-11(16)19-13(17)20-12(7)21;1-9(2)16-12-7-6-11(8-10(12)3)17(14,15)13(4)5;1-9(2)13-7-6(11)5-3-10(5,4-15-12)8(7)14-9;2*1-9(2)12-7-5(4-14-11)3-6(10)8(7)13-9;;;/h9-13H,7-8H2,1-6H3;5-6,8-10H,3-4H2,1-2H3;3,6-9H,1-2,4-5H3;5-8,11H,3-4H2,1-2H3;3,6-8,10H,4H2,1-2H3;3,7-8H,4H2,1-2H3;2*1H;/q-1;;;;;;;;+2/p-2/t;6-,8?,9-,10-,15+;;5-,6+,7+,8+,10+;6-,7+,8-;7-,8+;;;/m.1.101.../s1. The molecule has 2 aromatic heterocycles. The molecule has 0 spiro atoms. The van der Waals surface area contributed by atoms with E-state index in [2.05, 4.69) is 97.2 Å². The number of aliphatic hydroxyl groups excluding tert-OH is 2. The molecule has 5 aromatic rings. The number of hydrogen-bond donors (Lipinski definition) is 2. The molecule has 0 bridgehead atoms. The molecule has 7 heterocycles. The van der Waals surface area contributed by atoms with Gasteiger partial charge in [0.05, 0.1) is 43.0 Å². The van der Waals surface area contributed by atoms with Gasteiger partial charge in [-0.15, -0.1) is 0 Å². The van der Waals surface area contributed by atoms with Gasteiger partial charge in [-0.3, -0.25) is 23.1 Å². The van der Waals surface area contributed by atoms with Crippen molar-refractivity contribution >= 4 is 119 Å². The first-order valence-electron chi connectivity index (χ1n) is 36.5. The maximum Gasteiger partial charge on any atom is 0.225 e. The maximum atomic E-state index is 12.1. The molecule has 3 aromatic carbocycles. The van der Waals surface area contributed by atoms with Crippen molar-refractivity contribution in [2.45, 2.75) is 225 Å². The zero-order valence-corrected chi connectivity index (χ0v) is 74.4. The summed E-state index contributed by atoms with van der Waals surface area (Å²) in [7, 11) is 11.6. The van der Waals surface area contributed by atoms with E-state index >= 15 is 0 Å². The summed E-state index contributed by atoms with van der Waals surface area (Å²) in [5.41, 5.74) is 14.0. The van der Waals surface area contributed by atoms with Crippen LogP contribution in [0.3, 0.4) is 0 Å². The minimum absolute atomic E-state index is 0.00388. The average Bonchev–Trinajstić information content (AvgIpc) is 1.51. The Hall–Kier alpha value is -3.68. The molecule has 111 heavy (non-hydrogen) atoms. The van der Waals surface area contributed by atoms with Crippen LogP contribution >= 0.6 is 76.4 Å². The Balaban J connectivity index is 0.000000134. The Morgan fingerprint density at radius 2 is 1.16 bits per heavy atom. The van der Waals surface area contributed by atoms with Crippen molar-refractivity contribution < 1.29 is 97.8 Å². The zero-order valence-electron chi connectivity index (χ0n) is 65.3. The van der Waals surface area contributed by atoms with Gasteiger partial charge in [-0.1, -0.05) is 53.1 Å². The fourth-order valence-corrected chi connectivity index (χ4v) is 22.7. The van der Waals surface area contributed by atoms with E-state index in [1.165, 1.54) is 71.0 Å². The average molecular weight is 1800 g/mol. The maximum absolute atomic E-state index is 12.1. The largest absolute Gasteiger partial charge is 0.502 e. The number of rotatable bonds is 16. The predicted molar refractivity (Wildman–Crippen MR) is 424 cm³/mol. The summed E-state index contributed by atoms with van der Waals surface area (Å²) in [6, 6.07) is 13.8. The number of carbonyl (C=O) groups excluding carboxylic acids is 1. The van der Waals surface area contributed by atoms with E-state index in [-0.39, 0.29) is 127 Å². The number of benzene rings is 3. The molecular formula is C76H98Cl4N7O18P4RuS-. The van der Waals surface area contributed by atoms with E-state index in [1.807, 2.05) is 60.0 Å². The molecule has 5 aliphatic heterocycles. The summed E-state index contributed by atoms with van der Waals surface area (Å²) < 4.78 is 124. The fraction of sp³-hybridized carbons (Fsp3) is 0.605. The van der Waals surface area contributed by atoms with Gasteiger partial charge in [-0.05, 0) is 173 Å². The second-order valence-corrected chi connectivity index (χ2v) is 43.0. The number of aryl methyl sites for hydroxylation is 6. The van der Waals surface area contributed by atoms with E-state index in [4.69, 9.17) is 85.2 Å². The number of ether oxygens (including phenoxy) is 9. The van der Waals surface area contributed by atoms with Crippen molar-refractivity contribution in [3.63, 3.8) is 0 Å². The van der Waals surface area contributed by atoms with Crippen LogP contribution < -0.4 is 14.5 Å². The molecule has 2 N–H and O–H groups in total. The van der Waals surface area contributed by atoms with Crippen LogP contribution in [-0.4, -0.2) is 195 Å². The minimum Gasteiger partial charge on any atom is -0.502 e. The van der Waals surface area contributed by atoms with Crippen molar-refractivity contribution in [3.05, 3.63) is 128 Å². The van der Waals surface area contributed by atoms with Crippen LogP contribution in [0.5, 0.6) is 5.75 Å². The molecule has 16 rings (SSSR count). The zero-order chi connectivity index (χ0) is 81.3. The summed E-state index contributed by atoms with van der Waals surface area (Å²) >= 11 is 10.1. The normalized spacial score (nSPS) is 30.8. The molecule has 25 nitrogen and oxygen atoms in total. The molecular weight excluding hydrogens is 1700 g/mol. The van der Waals surface area contributed by atoms with Crippen LogP contribution in [0.15, 0.2) is 77.0 Å². The number of halogens is 4. The first-order chi connectivity index (χ1) is 51.9. The Morgan fingerprint density at radius 3 is 1.70 bits per heavy atom. The van der Waals surface area contributed by atoms with Crippen LogP contribution in [0, 0.1) is 70.9 Å². The molecule has 5 saturated heterocycles. The summed E-state index contributed by atoms with van der Waals surface area (Å²) in [6.07, 6.45) is 5.54. The molecule has 15 atom stereocenters. The second kappa shape index (κ2) is 34.3. The number of carbonyl (C=O) groups is 1. The second-order valence-electron chi connectivity index (χ2n) is 32.2. The topological polar surface area (TPSA) is 296 Å². The number of anilines is 2. The molecule has 0 amide bonds. The summed E-state index contributed by atoms with van der Waals surface area (Å²) in [5, 5.41) is 20.0. The summed E-state index contributed by atoms with van der Waals surface area (Å²) in [6.45, 7) is 36.0. The van der Waals surface area contributed by atoms with Crippen LogP contribution in [0.25, 0.3) is 11.2 Å². The number of aliphatic hydroxyl groups is 2. The quantitative estimate of drug-likeness (QED) is 0.0232. The van der Waals surface area contributed by atoms with Gasteiger partial charge >= 0.3 is 133 Å². The number of ketones is 1. The molecule has 6 aliphatic carbocycles. The van der Waals surface area contributed by atoms with Crippen molar-refractivity contribution in [1.82, 2.24) is 23.8 Å². The van der Waals surface area contributed by atoms with E-state index in [0.717, 1.165) is 41.4 Å². The minimum atomic E-state index is -3.49. The van der Waals surface area contributed by atoms with Gasteiger partial charge in [-0.25, -0.2) is 9.97 Å². The smallest absolute Gasteiger partial charge is 0.225 e. The van der Waals surface area contributed by atoms with Crippen molar-refractivity contribution in [2.75, 3.05) is 61.6 Å². The molecule has 11 aliphatic rings. The Kier molecular flexibility index (Phi) is 27.3. The van der Waals surface area contributed by atoms with Gasteiger partial charge < -0.3 is 62.5 Å². The van der Waals surface area contributed by atoms with Crippen molar-refractivity contribution in [2.24, 2.45) is 22.7 Å². The first-order valence-corrected chi connectivity index (χ1v) is 48.2. The van der Waals surface area contributed by atoms with Gasteiger partial charge in [0.15, 0.2) is 79.7 Å². The first kappa shape index (κ1) is 88.1. The fourth-order valence-electron chi connectivity index (χ4n) is 17.2. The van der Waals surface area contributed by atoms with E-state index < -0.39 is 65.0 Å². The summed E-state index contributed by atoms with van der Waals surface area (Å²) in [5.74, 6) is -1.64. The number of hydrogen-bond acceptors (Lipinski definition) is 23. The van der Waals surface area contributed by atoms with E-state index in [9.17, 15) is 41.7 Å². The van der Waals surface area contributed by atoms with Crippen LogP contribution in [0.2, 0.25) is 10.4 Å². The third-order valence-electron chi connectivity index (χ3n) is 21.4. The third-order valence-corrected chi connectivity index (χ3v) is 27.9. The molecule has 4 saturated carbocycles. The number of imidazole rings is 1. The van der Waals surface area contributed by atoms with Gasteiger partial charge in [0.1, 0.15) is 42.1 Å². The Morgan fingerprint density at radius 1 is 0.667 bits per heavy atom. The summed E-state index contributed by atoms with van der Waals surface area (Å²) in [4.78, 5) is 29.1. The molecule has 608 valence electrons. The SMILES string of the molecule is CC(C)Oc1ccc(S(=O)(=O)N(C)C)cc1[CH]=[Ru]([Cl])[Cl].CC1(C)O[C@@H]2C(CP=O)=CC(=O)[C@@H]2O1.CC1(C)O[C@@H]2C(n3cnc4c(Cl)nc(Cl)nc43)[C@H]3C[C@@]3(CP=O)[C@@H]2O1.CC1(C)O[C@@H]2[C@H](O1)C(CP=O)=C[C@@H]2O.CC1(C)O[C@H]2[C@@H](O)[C@H]3C[C@@]3(CP=O)[C@H]2O1.Cc1cc(C)c(N2[CH-]N(c3c(C)cc(C)cc3C)CC2)c(C)c1. The Bertz CT molecular complexity index is 4520. The molecule has 35 heteroatoms. The molecule has 9 fully saturated rings. The van der Waals surface area contributed by atoms with Crippen LogP contribution in [0.4, 0.5) is 11.4 Å². The number of sulfonamides is 1. The van der Waals surface area contributed by atoms with E-state index in [1.54, 1.807) is 43.0 Å². The number of nitrogens with zero attached hydrogens (tertiary/aromatic N) is 7. The number of aromatic nitrogens is 4. The van der Waals surface area contributed by atoms with Crippen molar-refractivity contribution in [1.29, 1.82) is 0 Å². The predicted octanol–water partition coefficient (Wildman–Crippen LogP) is 14.9. The van der Waals surface area contributed by atoms with Crippen molar-refractivity contribution in [3.8, 4) is 5.75 Å². The molecule has 1 unspecified atom stereocenters.